The number of hydrogen-bond acceptors (Lipinski definition) is 3. The van der Waals surface area contributed by atoms with Gasteiger partial charge in [-0.15, -0.1) is 0 Å². The Balaban J connectivity index is 2.90. The Kier molecular flexibility index (Phi) is 5.63. The zero-order valence-corrected chi connectivity index (χ0v) is 11.7. The molecule has 0 heterocycles. The number of benzene rings is 1. The number of ketones is 1. The second-order valence-electron chi connectivity index (χ2n) is 3.86. The maximum Gasteiger partial charge on any atom is 0.316 e. The predicted molar refractivity (Wildman–Crippen MR) is 71.0 cm³/mol. The monoisotopic (exact) mass is 288 g/mol. The minimum atomic E-state index is -0.816. The lowest BCUT2D eigenvalue weighted by Gasteiger charge is -2.13. The van der Waals surface area contributed by atoms with Crippen LogP contribution in [0.1, 0.15) is 19.4 Å². The first-order chi connectivity index (χ1) is 8.45. The van der Waals surface area contributed by atoms with Gasteiger partial charge in [0.25, 0.3) is 0 Å². The third-order valence-corrected chi connectivity index (χ3v) is 3.09. The van der Waals surface area contributed by atoms with E-state index in [1.165, 1.54) is 6.92 Å². The van der Waals surface area contributed by atoms with Gasteiger partial charge in [0, 0.05) is 10.0 Å². The van der Waals surface area contributed by atoms with E-state index in [4.69, 9.17) is 27.9 Å². The largest absolute Gasteiger partial charge is 0.465 e. The summed E-state index contributed by atoms with van der Waals surface area (Å²) in [6.07, 6.45) is 0.226. The molecule has 3 nitrogen and oxygen atoms in total. The molecular formula is C13H14Cl2O3. The molecule has 0 saturated heterocycles. The Labute approximate surface area is 116 Å². The fourth-order valence-corrected chi connectivity index (χ4v) is 2.03. The number of rotatable bonds is 5. The molecule has 0 unspecified atom stereocenters. The fourth-order valence-electron chi connectivity index (χ4n) is 1.54. The van der Waals surface area contributed by atoms with Crippen molar-refractivity contribution in [3.63, 3.8) is 0 Å². The summed E-state index contributed by atoms with van der Waals surface area (Å²) >= 11 is 11.8. The first-order valence-corrected chi connectivity index (χ1v) is 6.32. The first kappa shape index (κ1) is 15.0. The Bertz CT molecular complexity index is 458. The number of esters is 1. The molecule has 0 bridgehead atoms. The highest BCUT2D eigenvalue weighted by molar-refractivity contribution is 6.35. The van der Waals surface area contributed by atoms with Gasteiger partial charge < -0.3 is 4.74 Å². The van der Waals surface area contributed by atoms with Crippen LogP contribution in [0.4, 0.5) is 0 Å². The fraction of sp³-hybridized carbons (Fsp3) is 0.385. The van der Waals surface area contributed by atoms with E-state index in [9.17, 15) is 9.59 Å². The maximum atomic E-state index is 11.7. The zero-order valence-electron chi connectivity index (χ0n) is 10.2. The zero-order chi connectivity index (χ0) is 13.7. The molecule has 5 heteroatoms. The van der Waals surface area contributed by atoms with E-state index in [1.54, 1.807) is 25.1 Å². The van der Waals surface area contributed by atoms with Gasteiger partial charge in [-0.05, 0) is 38.0 Å². The van der Waals surface area contributed by atoms with Crippen LogP contribution in [0.5, 0.6) is 0 Å². The van der Waals surface area contributed by atoms with E-state index in [1.807, 2.05) is 0 Å². The minimum absolute atomic E-state index is 0.226. The second-order valence-corrected chi connectivity index (χ2v) is 4.70. The van der Waals surface area contributed by atoms with Crippen molar-refractivity contribution < 1.29 is 14.3 Å². The van der Waals surface area contributed by atoms with Gasteiger partial charge in [0.1, 0.15) is 11.7 Å². The first-order valence-electron chi connectivity index (χ1n) is 5.56. The topological polar surface area (TPSA) is 43.4 Å². The van der Waals surface area contributed by atoms with Crippen LogP contribution >= 0.6 is 23.2 Å². The molecule has 0 fully saturated rings. The Morgan fingerprint density at radius 2 is 2.00 bits per heavy atom. The average Bonchev–Trinajstić information content (AvgIpc) is 2.27. The van der Waals surface area contributed by atoms with E-state index < -0.39 is 11.9 Å². The Hall–Kier alpha value is -1.06. The Morgan fingerprint density at radius 1 is 1.33 bits per heavy atom. The van der Waals surface area contributed by atoms with Crippen molar-refractivity contribution in [2.45, 2.75) is 20.3 Å². The number of ether oxygens (including phenoxy) is 1. The molecule has 0 radical (unpaired) electrons. The van der Waals surface area contributed by atoms with Gasteiger partial charge in [0.15, 0.2) is 0 Å². The summed E-state index contributed by atoms with van der Waals surface area (Å²) < 4.78 is 4.87. The van der Waals surface area contributed by atoms with Crippen molar-refractivity contribution in [2.24, 2.45) is 5.92 Å². The van der Waals surface area contributed by atoms with Crippen LogP contribution in [0.2, 0.25) is 10.0 Å². The highest BCUT2D eigenvalue weighted by Crippen LogP contribution is 2.24. The molecule has 0 saturated carbocycles. The highest BCUT2D eigenvalue weighted by atomic mass is 35.5. The lowest BCUT2D eigenvalue weighted by Crippen LogP contribution is -2.26. The standard InChI is InChI=1S/C13H14Cl2O3/c1-3-18-13(17)11(8(2)16)6-9-4-5-10(14)7-12(9)15/h4-5,7,11H,3,6H2,1-2H3/t11-/m0/s1. The van der Waals surface area contributed by atoms with Crippen molar-refractivity contribution in [2.75, 3.05) is 6.61 Å². The van der Waals surface area contributed by atoms with Crippen LogP contribution in [0, 0.1) is 5.92 Å². The second kappa shape index (κ2) is 6.76. The number of carbonyl (C=O) groups is 2. The number of hydrogen-bond donors (Lipinski definition) is 0. The van der Waals surface area contributed by atoms with Gasteiger partial charge in [-0.3, -0.25) is 9.59 Å². The van der Waals surface area contributed by atoms with Crippen molar-refractivity contribution in [1.82, 2.24) is 0 Å². The van der Waals surface area contributed by atoms with Gasteiger partial charge in [-0.25, -0.2) is 0 Å². The summed E-state index contributed by atoms with van der Waals surface area (Å²) in [4.78, 5) is 23.1. The predicted octanol–water partition coefficient (Wildman–Crippen LogP) is 3.30. The number of halogens is 2. The smallest absolute Gasteiger partial charge is 0.316 e. The lowest BCUT2D eigenvalue weighted by atomic mass is 9.96. The molecule has 0 aromatic heterocycles. The van der Waals surface area contributed by atoms with Gasteiger partial charge in [-0.1, -0.05) is 29.3 Å². The molecule has 0 aliphatic rings. The van der Waals surface area contributed by atoms with Gasteiger partial charge in [-0.2, -0.15) is 0 Å². The molecule has 1 aromatic carbocycles. The average molecular weight is 289 g/mol. The van der Waals surface area contributed by atoms with Crippen LogP contribution in [-0.2, 0) is 20.7 Å². The summed E-state index contributed by atoms with van der Waals surface area (Å²) in [6.45, 7) is 3.31. The van der Waals surface area contributed by atoms with E-state index in [2.05, 4.69) is 0 Å². The van der Waals surface area contributed by atoms with Crippen molar-refractivity contribution in [1.29, 1.82) is 0 Å². The number of carbonyl (C=O) groups excluding carboxylic acids is 2. The lowest BCUT2D eigenvalue weighted by molar-refractivity contribution is -0.151. The van der Waals surface area contributed by atoms with Crippen LogP contribution in [0.25, 0.3) is 0 Å². The van der Waals surface area contributed by atoms with Crippen molar-refractivity contribution in [3.8, 4) is 0 Å². The SMILES string of the molecule is CCOC(=O)[C@@H](Cc1ccc(Cl)cc1Cl)C(C)=O. The summed E-state index contributed by atoms with van der Waals surface area (Å²) in [5.74, 6) is -1.57. The van der Waals surface area contributed by atoms with Crippen molar-refractivity contribution >= 4 is 35.0 Å². The molecule has 98 valence electrons. The molecule has 1 aromatic rings. The number of Topliss-reactive ketones (excluding diaryl/α,β-unsaturated/α-hetero) is 1. The molecule has 18 heavy (non-hydrogen) atoms. The third-order valence-electron chi connectivity index (χ3n) is 2.50. The van der Waals surface area contributed by atoms with E-state index in [0.29, 0.717) is 15.6 Å². The maximum absolute atomic E-state index is 11.7. The highest BCUT2D eigenvalue weighted by Gasteiger charge is 2.25. The molecule has 0 N–H and O–H groups in total. The quantitative estimate of drug-likeness (QED) is 0.617. The minimum Gasteiger partial charge on any atom is -0.465 e. The third kappa shape index (κ3) is 4.00. The molecular weight excluding hydrogens is 275 g/mol. The molecule has 0 amide bonds. The molecule has 0 spiro atoms. The molecule has 0 aliphatic heterocycles. The van der Waals surface area contributed by atoms with Crippen LogP contribution in [0.15, 0.2) is 18.2 Å². The van der Waals surface area contributed by atoms with Crippen molar-refractivity contribution in [3.05, 3.63) is 33.8 Å². The normalized spacial score (nSPS) is 12.0. The summed E-state index contributed by atoms with van der Waals surface area (Å²) in [5.41, 5.74) is 0.703. The van der Waals surface area contributed by atoms with Gasteiger partial charge >= 0.3 is 5.97 Å². The van der Waals surface area contributed by atoms with E-state index >= 15 is 0 Å². The summed E-state index contributed by atoms with van der Waals surface area (Å²) in [7, 11) is 0. The molecule has 1 rings (SSSR count). The van der Waals surface area contributed by atoms with Crippen LogP contribution < -0.4 is 0 Å². The molecule has 0 aliphatic carbocycles. The Morgan fingerprint density at radius 3 is 2.50 bits per heavy atom. The van der Waals surface area contributed by atoms with Gasteiger partial charge in [0.05, 0.1) is 6.61 Å². The van der Waals surface area contributed by atoms with Crippen LogP contribution in [0.3, 0.4) is 0 Å². The molecule has 1 atom stereocenters. The summed E-state index contributed by atoms with van der Waals surface area (Å²) in [5, 5.41) is 0.956. The van der Waals surface area contributed by atoms with Gasteiger partial charge in [0.2, 0.25) is 0 Å². The summed E-state index contributed by atoms with van der Waals surface area (Å²) in [6, 6.07) is 4.96. The van der Waals surface area contributed by atoms with E-state index in [0.717, 1.165) is 0 Å². The van der Waals surface area contributed by atoms with Crippen LogP contribution in [-0.4, -0.2) is 18.4 Å². The van der Waals surface area contributed by atoms with E-state index in [-0.39, 0.29) is 18.8 Å².